The lowest BCUT2D eigenvalue weighted by molar-refractivity contribution is -0.174. The molecule has 5 heteroatoms. The first-order valence-electron chi connectivity index (χ1n) is 10.7. The summed E-state index contributed by atoms with van der Waals surface area (Å²) in [6, 6.07) is 0. The number of aliphatic hydroxyl groups is 1. The van der Waals surface area contributed by atoms with Crippen LogP contribution < -0.4 is 0 Å². The van der Waals surface area contributed by atoms with Crippen molar-refractivity contribution in [1.82, 2.24) is 4.90 Å². The number of carbonyl (C=O) groups is 2. The maximum Gasteiger partial charge on any atom is 0.309 e. The van der Waals surface area contributed by atoms with Crippen LogP contribution in [0.25, 0.3) is 0 Å². The number of Topliss-reactive ketones (excluding diaryl/α,β-unsaturated/α-hetero) is 1. The van der Waals surface area contributed by atoms with Gasteiger partial charge in [-0.2, -0.15) is 0 Å². The minimum absolute atomic E-state index is 0.0174. The van der Waals surface area contributed by atoms with Crippen molar-refractivity contribution in [1.29, 1.82) is 0 Å². The van der Waals surface area contributed by atoms with Gasteiger partial charge in [0, 0.05) is 19.0 Å². The summed E-state index contributed by atoms with van der Waals surface area (Å²) in [5, 5.41) is 11.4. The number of fused-ring (bicyclic) bond motifs is 1. The van der Waals surface area contributed by atoms with Crippen LogP contribution in [0.3, 0.4) is 0 Å². The van der Waals surface area contributed by atoms with Crippen LogP contribution in [0.1, 0.15) is 45.4 Å². The summed E-state index contributed by atoms with van der Waals surface area (Å²) in [5.74, 6) is 0.751. The van der Waals surface area contributed by atoms with Gasteiger partial charge in [0.1, 0.15) is 0 Å². The van der Waals surface area contributed by atoms with E-state index in [1.165, 1.54) is 18.3 Å². The lowest BCUT2D eigenvalue weighted by Crippen LogP contribution is -2.75. The van der Waals surface area contributed by atoms with Crippen molar-refractivity contribution in [3.63, 3.8) is 0 Å². The lowest BCUT2D eigenvalue weighted by atomic mass is 9.50. The summed E-state index contributed by atoms with van der Waals surface area (Å²) >= 11 is 0. The number of hydrogen-bond acceptors (Lipinski definition) is 5. The second kappa shape index (κ2) is 5.04. The fraction of sp³-hybridized carbons (Fsp3) is 0.818. The molecule has 0 unspecified atom stereocenters. The largest absolute Gasteiger partial charge is 0.469 e. The smallest absolute Gasteiger partial charge is 0.309 e. The molecule has 5 fully saturated rings. The molecule has 4 aliphatic carbocycles. The molecule has 4 bridgehead atoms. The summed E-state index contributed by atoms with van der Waals surface area (Å²) in [4.78, 5) is 29.4. The minimum Gasteiger partial charge on any atom is -0.469 e. The number of rotatable bonds is 1. The maximum atomic E-state index is 14.3. The van der Waals surface area contributed by atoms with Crippen LogP contribution in [0, 0.1) is 35.0 Å². The van der Waals surface area contributed by atoms with Crippen molar-refractivity contribution in [2.45, 2.75) is 57.1 Å². The Morgan fingerprint density at radius 3 is 2.74 bits per heavy atom. The summed E-state index contributed by atoms with van der Waals surface area (Å²) in [6.45, 7) is 4.08. The molecule has 0 aromatic rings. The van der Waals surface area contributed by atoms with Gasteiger partial charge in [-0.3, -0.25) is 14.5 Å². The molecule has 7 aliphatic rings. The third kappa shape index (κ3) is 1.63. The highest BCUT2D eigenvalue weighted by Gasteiger charge is 2.76. The molecule has 7 rings (SSSR count). The van der Waals surface area contributed by atoms with Gasteiger partial charge in [0.2, 0.25) is 0 Å². The van der Waals surface area contributed by atoms with Crippen molar-refractivity contribution < 1.29 is 19.4 Å². The van der Waals surface area contributed by atoms with Crippen molar-refractivity contribution in [3.8, 4) is 0 Å². The Kier molecular flexibility index (Phi) is 3.12. The molecule has 146 valence electrons. The highest BCUT2D eigenvalue weighted by Crippen LogP contribution is 2.71. The predicted molar refractivity (Wildman–Crippen MR) is 97.6 cm³/mol. The van der Waals surface area contributed by atoms with Crippen molar-refractivity contribution in [2.24, 2.45) is 35.0 Å². The zero-order chi connectivity index (χ0) is 18.7. The molecule has 0 amide bonds. The Hall–Kier alpha value is -1.20. The van der Waals surface area contributed by atoms with Crippen LogP contribution >= 0.6 is 0 Å². The molecule has 3 heterocycles. The quantitative estimate of drug-likeness (QED) is 0.564. The van der Waals surface area contributed by atoms with E-state index in [0.717, 1.165) is 38.8 Å². The van der Waals surface area contributed by atoms with Gasteiger partial charge in [-0.15, -0.1) is 0 Å². The van der Waals surface area contributed by atoms with E-state index in [9.17, 15) is 14.7 Å². The summed E-state index contributed by atoms with van der Waals surface area (Å²) in [7, 11) is 1.46. The van der Waals surface area contributed by atoms with E-state index < -0.39 is 17.1 Å². The topological polar surface area (TPSA) is 66.8 Å². The van der Waals surface area contributed by atoms with Crippen molar-refractivity contribution in [2.75, 3.05) is 20.2 Å². The van der Waals surface area contributed by atoms with Gasteiger partial charge in [0.15, 0.2) is 5.78 Å². The fourth-order valence-electron chi connectivity index (χ4n) is 8.64. The van der Waals surface area contributed by atoms with Gasteiger partial charge in [0.05, 0.1) is 30.1 Å². The van der Waals surface area contributed by atoms with E-state index in [1.54, 1.807) is 0 Å². The number of carbonyl (C=O) groups excluding carboxylic acids is 2. The standard InChI is InChI=1S/C22H29NO4/c1-11-9-23-10-13-4-3-12-5-6-14-15(19(25)27-2)7-21(17(12)14)18(13)16(24)8-22(11,23)20(21)26/h11,13-16,18,24H,3-10H2,1-2H3/t11-,13-,14-,15-,16+,18-,21-,22-/m1/s1. The number of hydrogen-bond donors (Lipinski definition) is 1. The highest BCUT2D eigenvalue weighted by atomic mass is 16.5. The van der Waals surface area contributed by atoms with Gasteiger partial charge in [-0.05, 0) is 56.3 Å². The maximum absolute atomic E-state index is 14.3. The van der Waals surface area contributed by atoms with Crippen LogP contribution in [-0.2, 0) is 14.3 Å². The first-order valence-corrected chi connectivity index (χ1v) is 10.7. The van der Waals surface area contributed by atoms with Crippen LogP contribution in [0.4, 0.5) is 0 Å². The van der Waals surface area contributed by atoms with E-state index in [1.807, 2.05) is 0 Å². The van der Waals surface area contributed by atoms with Gasteiger partial charge in [-0.1, -0.05) is 18.1 Å². The number of allylic oxidation sites excluding steroid dienone is 2. The minimum atomic E-state index is -0.613. The molecule has 0 aromatic heterocycles. The van der Waals surface area contributed by atoms with E-state index in [-0.39, 0.29) is 29.6 Å². The molecule has 5 nitrogen and oxygen atoms in total. The predicted octanol–water partition coefficient (Wildman–Crippen LogP) is 1.94. The normalized spacial score (nSPS) is 52.8. The molecular weight excluding hydrogens is 342 g/mol. The molecule has 2 spiro atoms. The van der Waals surface area contributed by atoms with E-state index in [4.69, 9.17) is 4.74 Å². The zero-order valence-electron chi connectivity index (χ0n) is 16.2. The number of ether oxygens (including phenoxy) is 1. The third-order valence-electron chi connectivity index (χ3n) is 9.48. The molecule has 3 aliphatic heterocycles. The molecule has 8 atom stereocenters. The van der Waals surface area contributed by atoms with Crippen LogP contribution in [0.2, 0.25) is 0 Å². The first-order chi connectivity index (χ1) is 12.9. The highest BCUT2D eigenvalue weighted by molar-refractivity contribution is 6.01. The fourth-order valence-corrected chi connectivity index (χ4v) is 8.64. The monoisotopic (exact) mass is 371 g/mol. The number of esters is 1. The molecule has 1 N–H and O–H groups in total. The van der Waals surface area contributed by atoms with E-state index >= 15 is 0 Å². The van der Waals surface area contributed by atoms with E-state index in [0.29, 0.717) is 24.5 Å². The van der Waals surface area contributed by atoms with Crippen molar-refractivity contribution >= 4 is 11.8 Å². The second-order valence-electron chi connectivity index (χ2n) is 10.1. The lowest BCUT2D eigenvalue weighted by Gasteiger charge is -2.61. The molecule has 0 radical (unpaired) electrons. The molecule has 27 heavy (non-hydrogen) atoms. The molecule has 0 aromatic carbocycles. The number of ketones is 1. The number of nitrogens with zero attached hydrogens (tertiary/aromatic N) is 1. The van der Waals surface area contributed by atoms with Crippen molar-refractivity contribution in [3.05, 3.63) is 11.1 Å². The Morgan fingerprint density at radius 1 is 1.22 bits per heavy atom. The molecular formula is C22H29NO4. The average molecular weight is 371 g/mol. The zero-order valence-corrected chi connectivity index (χ0v) is 16.2. The number of aliphatic hydroxyl groups excluding tert-OH is 1. The first kappa shape index (κ1) is 16.7. The SMILES string of the molecule is COC(=O)[C@@H]1C[C@]23C(=O)[C@]45C[C@H](O)[C@H]2[C@H](CCC2=C3[C@@H]1CC2)CN4C[C@H]5C. The summed E-state index contributed by atoms with van der Waals surface area (Å²) in [6.07, 6.45) is 4.83. The third-order valence-corrected chi connectivity index (χ3v) is 9.48. The summed E-state index contributed by atoms with van der Waals surface area (Å²) < 4.78 is 5.17. The van der Waals surface area contributed by atoms with E-state index in [2.05, 4.69) is 11.8 Å². The average Bonchev–Trinajstić information content (AvgIpc) is 3.12. The van der Waals surface area contributed by atoms with Gasteiger partial charge < -0.3 is 9.84 Å². The second-order valence-corrected chi connectivity index (χ2v) is 10.1. The number of methoxy groups -OCH3 is 1. The van der Waals surface area contributed by atoms with Crippen LogP contribution in [0.15, 0.2) is 11.1 Å². The van der Waals surface area contributed by atoms with Gasteiger partial charge in [0.25, 0.3) is 0 Å². The van der Waals surface area contributed by atoms with Crippen LogP contribution in [0.5, 0.6) is 0 Å². The summed E-state index contributed by atoms with van der Waals surface area (Å²) in [5.41, 5.74) is 1.61. The Balaban J connectivity index is 1.61. The Labute approximate surface area is 160 Å². The van der Waals surface area contributed by atoms with Gasteiger partial charge in [-0.25, -0.2) is 0 Å². The Bertz CT molecular complexity index is 789. The molecule has 2 saturated carbocycles. The van der Waals surface area contributed by atoms with Gasteiger partial charge >= 0.3 is 5.97 Å². The van der Waals surface area contributed by atoms with Crippen LogP contribution in [-0.4, -0.2) is 53.6 Å². The Morgan fingerprint density at radius 2 is 2.00 bits per heavy atom. The molecule has 3 saturated heterocycles.